The summed E-state index contributed by atoms with van der Waals surface area (Å²) < 4.78 is 58.2. The van der Waals surface area contributed by atoms with E-state index in [2.05, 4.69) is 35.1 Å². The van der Waals surface area contributed by atoms with Gasteiger partial charge in [-0.3, -0.25) is 4.79 Å². The van der Waals surface area contributed by atoms with Crippen LogP contribution in [0, 0.1) is 5.92 Å². The number of rotatable bonds is 7. The van der Waals surface area contributed by atoms with E-state index in [0.717, 1.165) is 16.6 Å². The maximum absolute atomic E-state index is 13.4. The molecule has 1 aliphatic heterocycles. The Labute approximate surface area is 199 Å². The summed E-state index contributed by atoms with van der Waals surface area (Å²) in [6.45, 7) is 0.294. The normalized spacial score (nSPS) is 18.3. The molecule has 0 saturated heterocycles. The summed E-state index contributed by atoms with van der Waals surface area (Å²) in [4.78, 5) is 24.7. The molecule has 2 aliphatic rings. The largest absolute Gasteiger partial charge is 0.586 e. The number of nitrogens with one attached hydrogen (secondary N) is 3. The second kappa shape index (κ2) is 8.63. The van der Waals surface area contributed by atoms with Crippen molar-refractivity contribution in [1.29, 1.82) is 0 Å². The van der Waals surface area contributed by atoms with Gasteiger partial charge in [0.1, 0.15) is 27.6 Å². The lowest BCUT2D eigenvalue weighted by molar-refractivity contribution is -0.286. The summed E-state index contributed by atoms with van der Waals surface area (Å²) in [5, 5.41) is 6.69. The van der Waals surface area contributed by atoms with E-state index in [1.807, 2.05) is 0 Å². The van der Waals surface area contributed by atoms with Gasteiger partial charge in [0.2, 0.25) is 5.91 Å². The number of carbonyl (C=O) groups is 1. The molecule has 0 saturated carbocycles. The second-order valence-corrected chi connectivity index (χ2v) is 11.0. The van der Waals surface area contributed by atoms with Crippen molar-refractivity contribution in [3.05, 3.63) is 35.8 Å². The van der Waals surface area contributed by atoms with Crippen molar-refractivity contribution in [3.63, 3.8) is 0 Å². The van der Waals surface area contributed by atoms with E-state index in [-0.39, 0.29) is 29.1 Å². The Kier molecular flexibility index (Phi) is 5.74. The third-order valence-corrected chi connectivity index (χ3v) is 7.03. The average Bonchev–Trinajstić information content (AvgIpc) is 3.31. The van der Waals surface area contributed by atoms with Crippen LogP contribution in [0.15, 0.2) is 24.5 Å². The standard InChI is InChI=1S/C22H23F2N5O5S/c1-35(31,32)8-2-7-25-21(30)12-3-5-15-14(9-12)18-19(26-11-27-20(18)29-15)28-13-4-6-16-17(10-13)34-22(23,24)33-16/h4,6,10-12H,2-3,5,7-9H2,1H3,(H,25,30)(H2,26,27,28,29)/t12-/m0/s1. The maximum atomic E-state index is 13.4. The number of aromatic nitrogens is 3. The molecule has 1 aliphatic carbocycles. The predicted molar refractivity (Wildman–Crippen MR) is 123 cm³/mol. The van der Waals surface area contributed by atoms with Crippen molar-refractivity contribution < 1.29 is 31.5 Å². The van der Waals surface area contributed by atoms with Gasteiger partial charge >= 0.3 is 6.29 Å². The number of aryl methyl sites for hydroxylation is 1. The van der Waals surface area contributed by atoms with E-state index in [4.69, 9.17) is 0 Å². The van der Waals surface area contributed by atoms with Crippen molar-refractivity contribution in [3.8, 4) is 11.5 Å². The van der Waals surface area contributed by atoms with Gasteiger partial charge in [0.25, 0.3) is 0 Å². The average molecular weight is 508 g/mol. The molecule has 1 atom stereocenters. The first-order chi connectivity index (χ1) is 16.6. The van der Waals surface area contributed by atoms with Crippen molar-refractivity contribution in [2.45, 2.75) is 32.0 Å². The fourth-order valence-electron chi connectivity index (χ4n) is 4.41. The molecule has 0 fully saturated rings. The summed E-state index contributed by atoms with van der Waals surface area (Å²) in [5.74, 6) is -0.0599. The van der Waals surface area contributed by atoms with Crippen LogP contribution in [-0.2, 0) is 27.5 Å². The highest BCUT2D eigenvalue weighted by atomic mass is 32.2. The monoisotopic (exact) mass is 507 g/mol. The molecule has 0 radical (unpaired) electrons. The minimum atomic E-state index is -3.71. The van der Waals surface area contributed by atoms with Crippen LogP contribution in [0.25, 0.3) is 11.0 Å². The van der Waals surface area contributed by atoms with Crippen LogP contribution >= 0.6 is 0 Å². The van der Waals surface area contributed by atoms with E-state index >= 15 is 0 Å². The zero-order valence-corrected chi connectivity index (χ0v) is 19.5. The molecule has 5 rings (SSSR count). The van der Waals surface area contributed by atoms with Gasteiger partial charge in [-0.1, -0.05) is 0 Å². The number of ether oxygens (including phenoxy) is 2. The maximum Gasteiger partial charge on any atom is 0.586 e. The number of anilines is 2. The summed E-state index contributed by atoms with van der Waals surface area (Å²) in [6.07, 6.45) is 0.960. The summed E-state index contributed by atoms with van der Waals surface area (Å²) in [6, 6.07) is 4.35. The number of H-pyrrole nitrogens is 1. The molecule has 3 heterocycles. The van der Waals surface area contributed by atoms with Crippen molar-refractivity contribution in [1.82, 2.24) is 20.3 Å². The number of nitrogens with zero attached hydrogens (tertiary/aromatic N) is 2. The lowest BCUT2D eigenvalue weighted by Crippen LogP contribution is -2.35. The highest BCUT2D eigenvalue weighted by Gasteiger charge is 2.43. The second-order valence-electron chi connectivity index (χ2n) is 8.70. The Bertz CT molecular complexity index is 1410. The lowest BCUT2D eigenvalue weighted by Gasteiger charge is -2.22. The van der Waals surface area contributed by atoms with Crippen LogP contribution in [-0.4, -0.2) is 54.1 Å². The van der Waals surface area contributed by atoms with E-state index in [1.54, 1.807) is 6.07 Å². The SMILES string of the molecule is CS(=O)(=O)CCCNC(=O)[C@H]1CCc2[nH]c3ncnc(Nc4ccc5c(c4)OC(F)(F)O5)c3c2C1. The molecule has 3 N–H and O–H groups in total. The number of benzene rings is 1. The van der Waals surface area contributed by atoms with Crippen molar-refractivity contribution in [2.24, 2.45) is 5.92 Å². The van der Waals surface area contributed by atoms with Gasteiger partial charge in [0.05, 0.1) is 11.1 Å². The van der Waals surface area contributed by atoms with E-state index in [9.17, 15) is 22.0 Å². The Morgan fingerprint density at radius 1 is 1.26 bits per heavy atom. The Hall–Kier alpha value is -3.48. The first kappa shape index (κ1) is 23.3. The first-order valence-electron chi connectivity index (χ1n) is 11.0. The molecule has 186 valence electrons. The smallest absolute Gasteiger partial charge is 0.395 e. The first-order valence-corrected chi connectivity index (χ1v) is 13.1. The van der Waals surface area contributed by atoms with Crippen LogP contribution < -0.4 is 20.1 Å². The molecule has 3 aromatic rings. The highest BCUT2D eigenvalue weighted by molar-refractivity contribution is 7.90. The minimum Gasteiger partial charge on any atom is -0.395 e. The van der Waals surface area contributed by atoms with Gasteiger partial charge in [-0.15, -0.1) is 8.78 Å². The van der Waals surface area contributed by atoms with Gasteiger partial charge in [0, 0.05) is 36.2 Å². The fourth-order valence-corrected chi connectivity index (χ4v) is 5.08. The number of amides is 1. The fraction of sp³-hybridized carbons (Fsp3) is 0.409. The highest BCUT2D eigenvalue weighted by Crippen LogP contribution is 2.43. The predicted octanol–water partition coefficient (Wildman–Crippen LogP) is 2.68. The molecule has 10 nitrogen and oxygen atoms in total. The number of alkyl halides is 2. The van der Waals surface area contributed by atoms with Crippen molar-refractivity contribution in [2.75, 3.05) is 23.9 Å². The quantitative estimate of drug-likeness (QED) is 0.416. The minimum absolute atomic E-state index is 0.0222. The van der Waals surface area contributed by atoms with Crippen LogP contribution in [0.4, 0.5) is 20.3 Å². The van der Waals surface area contributed by atoms with Gasteiger partial charge in [-0.2, -0.15) is 0 Å². The third kappa shape index (κ3) is 4.99. The summed E-state index contributed by atoms with van der Waals surface area (Å²) in [5.41, 5.74) is 2.96. The zero-order valence-electron chi connectivity index (χ0n) is 18.7. The summed E-state index contributed by atoms with van der Waals surface area (Å²) >= 11 is 0. The molecule has 0 unspecified atom stereocenters. The number of halogens is 2. The summed E-state index contributed by atoms with van der Waals surface area (Å²) in [7, 11) is -3.07. The van der Waals surface area contributed by atoms with Crippen LogP contribution in [0.1, 0.15) is 24.1 Å². The van der Waals surface area contributed by atoms with E-state index < -0.39 is 16.1 Å². The number of fused-ring (bicyclic) bond motifs is 4. The van der Waals surface area contributed by atoms with Crippen LogP contribution in [0.2, 0.25) is 0 Å². The van der Waals surface area contributed by atoms with Gasteiger partial charge < -0.3 is 25.1 Å². The molecule has 13 heteroatoms. The molecule has 0 spiro atoms. The number of hydrogen-bond donors (Lipinski definition) is 3. The number of hydrogen-bond acceptors (Lipinski definition) is 8. The number of sulfone groups is 1. The molecule has 2 aromatic heterocycles. The Morgan fingerprint density at radius 3 is 2.86 bits per heavy atom. The molecule has 1 aromatic carbocycles. The number of aromatic amines is 1. The molecule has 0 bridgehead atoms. The van der Waals surface area contributed by atoms with E-state index in [1.165, 1.54) is 24.7 Å². The Morgan fingerprint density at radius 2 is 2.06 bits per heavy atom. The number of carbonyl (C=O) groups excluding carboxylic acids is 1. The van der Waals surface area contributed by atoms with Crippen molar-refractivity contribution >= 4 is 38.3 Å². The molecular weight excluding hydrogens is 484 g/mol. The lowest BCUT2D eigenvalue weighted by atomic mass is 9.86. The van der Waals surface area contributed by atoms with Gasteiger partial charge in [0.15, 0.2) is 11.5 Å². The van der Waals surface area contributed by atoms with Gasteiger partial charge in [-0.25, -0.2) is 18.4 Å². The molecular formula is C22H23F2N5O5S. The Balaban J connectivity index is 1.34. The molecule has 35 heavy (non-hydrogen) atoms. The topological polar surface area (TPSA) is 135 Å². The zero-order chi connectivity index (χ0) is 24.8. The van der Waals surface area contributed by atoms with E-state index in [0.29, 0.717) is 49.4 Å². The molecule has 1 amide bonds. The van der Waals surface area contributed by atoms with Crippen LogP contribution in [0.3, 0.4) is 0 Å². The van der Waals surface area contributed by atoms with Gasteiger partial charge in [-0.05, 0) is 43.4 Å². The third-order valence-electron chi connectivity index (χ3n) is 6.00. The van der Waals surface area contributed by atoms with Crippen LogP contribution in [0.5, 0.6) is 11.5 Å².